The van der Waals surface area contributed by atoms with E-state index in [0.29, 0.717) is 0 Å². The maximum Gasteiger partial charge on any atom is 0.482 e. The predicted molar refractivity (Wildman–Crippen MR) is 172 cm³/mol. The first-order chi connectivity index (χ1) is 19.7. The topological polar surface area (TPSA) is 22.1 Å². The van der Waals surface area contributed by atoms with Gasteiger partial charge in [0.05, 0.1) is 0 Å². The Morgan fingerprint density at radius 2 is 1.43 bits per heavy atom. The molecular formula is C36H29AlNOSi. The summed E-state index contributed by atoms with van der Waals surface area (Å²) in [4.78, 5) is 4.41. The number of hydrogen-bond acceptors (Lipinski definition) is 2. The van der Waals surface area contributed by atoms with Crippen molar-refractivity contribution in [2.75, 3.05) is 0 Å². The van der Waals surface area contributed by atoms with Gasteiger partial charge in [0.25, 0.3) is 0 Å². The van der Waals surface area contributed by atoms with Gasteiger partial charge >= 0.3 is 16.6 Å². The number of benzene rings is 5. The summed E-state index contributed by atoms with van der Waals surface area (Å²) in [5.74, 6) is 0.797. The molecule has 6 aromatic rings. The first kappa shape index (κ1) is 26.3. The molecule has 2 nitrogen and oxygen atoms in total. The molecule has 1 aliphatic carbocycles. The minimum Gasteiger partial charge on any atom is -0.652 e. The summed E-state index contributed by atoms with van der Waals surface area (Å²) in [6.07, 6.45) is 6.99. The molecule has 0 fully saturated rings. The first-order valence-corrected chi connectivity index (χ1v) is 15.6. The number of rotatable bonds is 4. The first-order valence-electron chi connectivity index (χ1n) is 13.7. The largest absolute Gasteiger partial charge is 0.652 e. The molecule has 0 atom stereocenters. The number of aryl methyl sites for hydroxylation is 2. The van der Waals surface area contributed by atoms with Gasteiger partial charge in [-0.05, 0) is 64.2 Å². The summed E-state index contributed by atoms with van der Waals surface area (Å²) in [5, 5.41) is 8.26. The number of para-hydroxylation sites is 1. The van der Waals surface area contributed by atoms with E-state index in [9.17, 15) is 0 Å². The number of nitrogens with zero attached hydrogens (tertiary/aromatic N) is 1. The summed E-state index contributed by atoms with van der Waals surface area (Å²) >= 11 is 2.24. The lowest BCUT2D eigenvalue weighted by Crippen LogP contribution is -2.53. The zero-order valence-electron chi connectivity index (χ0n) is 22.5. The minimum absolute atomic E-state index is 0.797. The highest BCUT2D eigenvalue weighted by Gasteiger charge is 2.25. The highest BCUT2D eigenvalue weighted by molar-refractivity contribution is 6.97. The Morgan fingerprint density at radius 1 is 0.700 bits per heavy atom. The molecule has 4 heteroatoms. The summed E-state index contributed by atoms with van der Waals surface area (Å²) in [7, 11) is -1.09. The molecule has 0 bridgehead atoms. The molecular weight excluding hydrogens is 517 g/mol. The Labute approximate surface area is 246 Å². The Morgan fingerprint density at radius 3 is 2.30 bits per heavy atom. The van der Waals surface area contributed by atoms with Crippen molar-refractivity contribution in [2.45, 2.75) is 19.8 Å². The predicted octanol–water partition coefficient (Wildman–Crippen LogP) is 6.32. The van der Waals surface area contributed by atoms with Crippen molar-refractivity contribution in [3.63, 3.8) is 0 Å². The second-order valence-corrected chi connectivity index (χ2v) is 12.6. The second-order valence-electron chi connectivity index (χ2n) is 9.99. The van der Waals surface area contributed by atoms with Gasteiger partial charge in [0, 0.05) is 11.1 Å². The third-order valence-electron chi connectivity index (χ3n) is 7.40. The Hall–Kier alpha value is -3.94. The molecule has 1 aliphatic rings. The standard InChI is InChI=1S/C26H21Si.C10H9NO.Al/c1-2-14-22(15-3-1)27(25-18-8-12-20-10-4-6-16-23(20)25)26-19-9-13-21-11-5-7-17-24(21)26;1-7-5-6-8-3-2-4-9(12)10(8)11-7;/h1-4,6-10,12-19H,5,11H2;2-6,12H,1H3;/q;;+1/p-1. The molecule has 3 radical (unpaired) electrons. The van der Waals surface area contributed by atoms with Crippen molar-refractivity contribution in [2.24, 2.45) is 0 Å². The molecule has 0 amide bonds. The lowest BCUT2D eigenvalue weighted by atomic mass is 9.98. The number of allylic oxidation sites excluding steroid dienone is 1. The Balaban J connectivity index is 0.000000187. The van der Waals surface area contributed by atoms with Crippen LogP contribution in [0, 0.1) is 6.92 Å². The van der Waals surface area contributed by atoms with Gasteiger partial charge in [-0.3, -0.25) is 0 Å². The fourth-order valence-corrected chi connectivity index (χ4v) is 8.67. The third kappa shape index (κ3) is 5.40. The molecule has 1 aromatic heterocycles. The van der Waals surface area contributed by atoms with Crippen LogP contribution in [0.25, 0.3) is 27.8 Å². The Bertz CT molecular complexity index is 1810. The fraction of sp³-hybridized carbons (Fsp3) is 0.0833. The average molecular weight is 547 g/mol. The Kier molecular flexibility index (Phi) is 7.93. The molecule has 0 aliphatic heterocycles. The monoisotopic (exact) mass is 546 g/mol. The normalized spacial score (nSPS) is 12.2. The summed E-state index contributed by atoms with van der Waals surface area (Å²) < 4.78 is 5.14. The van der Waals surface area contributed by atoms with E-state index in [2.05, 4.69) is 125 Å². The number of fused-ring (bicyclic) bond motifs is 3. The van der Waals surface area contributed by atoms with Crippen LogP contribution in [0.2, 0.25) is 0 Å². The van der Waals surface area contributed by atoms with Crippen LogP contribution in [-0.2, 0) is 6.42 Å². The van der Waals surface area contributed by atoms with Crippen molar-refractivity contribution in [1.29, 1.82) is 0 Å². The molecule has 0 saturated heterocycles. The maximum absolute atomic E-state index is 5.14. The van der Waals surface area contributed by atoms with E-state index < -0.39 is 8.80 Å². The quantitative estimate of drug-likeness (QED) is 0.191. The summed E-state index contributed by atoms with van der Waals surface area (Å²) in [6, 6.07) is 43.5. The smallest absolute Gasteiger partial charge is 0.482 e. The van der Waals surface area contributed by atoms with E-state index in [-0.39, 0.29) is 0 Å². The highest BCUT2D eigenvalue weighted by Crippen LogP contribution is 2.23. The molecule has 191 valence electrons. The van der Waals surface area contributed by atoms with Gasteiger partial charge in [0.2, 0.25) is 0 Å². The van der Waals surface area contributed by atoms with Gasteiger partial charge in [-0.25, -0.2) is 4.98 Å². The molecule has 7 rings (SSSR count). The summed E-state index contributed by atoms with van der Waals surface area (Å²) in [5.41, 5.74) is 4.86. The van der Waals surface area contributed by atoms with Gasteiger partial charge in [-0.15, -0.1) is 0 Å². The van der Waals surface area contributed by atoms with Gasteiger partial charge < -0.3 is 3.79 Å². The maximum atomic E-state index is 5.14. The van der Waals surface area contributed by atoms with Gasteiger partial charge in [0.1, 0.15) is 11.3 Å². The third-order valence-corrected chi connectivity index (χ3v) is 10.5. The summed E-state index contributed by atoms with van der Waals surface area (Å²) in [6.45, 7) is 1.97. The lowest BCUT2D eigenvalue weighted by molar-refractivity contribution is 0.622. The van der Waals surface area contributed by atoms with Crippen LogP contribution in [0.1, 0.15) is 23.2 Å². The van der Waals surface area contributed by atoms with Crippen LogP contribution < -0.4 is 19.3 Å². The van der Waals surface area contributed by atoms with Crippen LogP contribution in [0.5, 0.6) is 5.75 Å². The van der Waals surface area contributed by atoms with Crippen molar-refractivity contribution >= 4 is 68.7 Å². The van der Waals surface area contributed by atoms with E-state index in [1.165, 1.54) is 37.5 Å². The molecule has 1 heterocycles. The van der Waals surface area contributed by atoms with Gasteiger partial charge in [-0.1, -0.05) is 127 Å². The number of pyridine rings is 1. The average Bonchev–Trinajstić information content (AvgIpc) is 3.02. The van der Waals surface area contributed by atoms with Crippen molar-refractivity contribution in [3.8, 4) is 5.75 Å². The second kappa shape index (κ2) is 12.1. The molecule has 0 spiro atoms. The molecule has 0 unspecified atom stereocenters. The van der Waals surface area contributed by atoms with E-state index in [1.54, 1.807) is 0 Å². The van der Waals surface area contributed by atoms with Crippen LogP contribution in [-0.4, -0.2) is 30.4 Å². The fourth-order valence-electron chi connectivity index (χ4n) is 5.50. The van der Waals surface area contributed by atoms with Crippen LogP contribution >= 0.6 is 0 Å². The van der Waals surface area contributed by atoms with Gasteiger partial charge in [0.15, 0.2) is 8.80 Å². The molecule has 5 aromatic carbocycles. The van der Waals surface area contributed by atoms with Crippen LogP contribution in [0.3, 0.4) is 0 Å². The van der Waals surface area contributed by atoms with Gasteiger partial charge in [-0.2, -0.15) is 0 Å². The van der Waals surface area contributed by atoms with Crippen molar-refractivity contribution < 1.29 is 3.79 Å². The van der Waals surface area contributed by atoms with E-state index >= 15 is 0 Å². The number of aromatic nitrogens is 1. The van der Waals surface area contributed by atoms with E-state index in [1.807, 2.05) is 37.3 Å². The zero-order valence-corrected chi connectivity index (χ0v) is 24.7. The van der Waals surface area contributed by atoms with Crippen molar-refractivity contribution in [1.82, 2.24) is 4.98 Å². The zero-order chi connectivity index (χ0) is 27.3. The molecule has 0 saturated carbocycles. The number of hydrogen-bond donors (Lipinski definition) is 0. The van der Waals surface area contributed by atoms with Crippen LogP contribution in [0.4, 0.5) is 0 Å². The van der Waals surface area contributed by atoms with Crippen LogP contribution in [0.15, 0.2) is 127 Å². The van der Waals surface area contributed by atoms with Crippen molar-refractivity contribution in [3.05, 3.63) is 144 Å². The molecule has 0 N–H and O–H groups in total. The SMILES string of the molecule is C1=Cc2c(cccc2[Si](c2ccccc2)c2cccc3ccccc23)CC1.Cc1ccc2cccc([O][Al])c2n1. The van der Waals surface area contributed by atoms with E-state index in [4.69, 9.17) is 3.79 Å². The molecule has 40 heavy (non-hydrogen) atoms. The van der Waals surface area contributed by atoms with E-state index in [0.717, 1.165) is 35.2 Å². The highest BCUT2D eigenvalue weighted by atomic mass is 28.3. The minimum atomic E-state index is -1.09. The lowest BCUT2D eigenvalue weighted by Gasteiger charge is -2.23.